The number of likely N-dealkylation sites (tertiary alicyclic amines) is 2. The highest BCUT2D eigenvalue weighted by Gasteiger charge is 2.52. The second kappa shape index (κ2) is 6.08. The molecular weight excluding hydrogens is 288 g/mol. The van der Waals surface area contributed by atoms with Gasteiger partial charge in [-0.3, -0.25) is 4.90 Å². The number of aliphatic hydroxyl groups is 1. The standard InChI is InChI=1S/C19H28N2O2/c1-2-20-9-7-15(8-10-20)21-11-17-16-5-3-4-6-18(16)23-14-19(17,12-21)13-22/h3-6,15,17,22H,2,7-14H2,1H3/t17-,19-/m1/s1. The topological polar surface area (TPSA) is 35.9 Å². The summed E-state index contributed by atoms with van der Waals surface area (Å²) in [5.41, 5.74) is 1.18. The number of para-hydroxylation sites is 1. The predicted molar refractivity (Wildman–Crippen MR) is 90.9 cm³/mol. The van der Waals surface area contributed by atoms with Crippen LogP contribution in [0, 0.1) is 5.41 Å². The molecule has 3 aliphatic rings. The maximum atomic E-state index is 10.2. The van der Waals surface area contributed by atoms with Crippen LogP contribution in [0.15, 0.2) is 24.3 Å². The first-order chi connectivity index (χ1) is 11.3. The average Bonchev–Trinajstić information content (AvgIpc) is 3.02. The fraction of sp³-hybridized carbons (Fsp3) is 0.684. The first-order valence-electron chi connectivity index (χ1n) is 9.05. The minimum atomic E-state index is -0.115. The van der Waals surface area contributed by atoms with Crippen molar-refractivity contribution in [2.75, 3.05) is 45.9 Å². The van der Waals surface area contributed by atoms with Gasteiger partial charge in [0.15, 0.2) is 0 Å². The summed E-state index contributed by atoms with van der Waals surface area (Å²) in [5.74, 6) is 1.42. The lowest BCUT2D eigenvalue weighted by Crippen LogP contribution is -2.46. The molecule has 0 saturated carbocycles. The maximum Gasteiger partial charge on any atom is 0.122 e. The summed E-state index contributed by atoms with van der Waals surface area (Å²) in [7, 11) is 0. The molecule has 3 heterocycles. The number of nitrogens with zero attached hydrogens (tertiary/aromatic N) is 2. The molecule has 4 nitrogen and oxygen atoms in total. The fourth-order valence-electron chi connectivity index (χ4n) is 4.79. The van der Waals surface area contributed by atoms with E-state index in [1.54, 1.807) is 0 Å². The summed E-state index contributed by atoms with van der Waals surface area (Å²) in [6.45, 7) is 8.74. The smallest absolute Gasteiger partial charge is 0.122 e. The van der Waals surface area contributed by atoms with Crippen LogP contribution in [0.4, 0.5) is 0 Å². The van der Waals surface area contributed by atoms with E-state index in [1.165, 1.54) is 31.5 Å². The van der Waals surface area contributed by atoms with Crippen molar-refractivity contribution in [2.45, 2.75) is 31.7 Å². The quantitative estimate of drug-likeness (QED) is 0.924. The zero-order valence-corrected chi connectivity index (χ0v) is 14.1. The van der Waals surface area contributed by atoms with E-state index in [2.05, 4.69) is 34.9 Å². The van der Waals surface area contributed by atoms with Crippen molar-refractivity contribution in [1.82, 2.24) is 9.80 Å². The molecule has 3 aliphatic heterocycles. The highest BCUT2D eigenvalue weighted by Crippen LogP contribution is 2.50. The van der Waals surface area contributed by atoms with Gasteiger partial charge in [0.25, 0.3) is 0 Å². The predicted octanol–water partition coefficient (Wildman–Crippen LogP) is 1.94. The van der Waals surface area contributed by atoms with E-state index < -0.39 is 0 Å². The van der Waals surface area contributed by atoms with Crippen molar-refractivity contribution in [2.24, 2.45) is 5.41 Å². The van der Waals surface area contributed by atoms with Crippen LogP contribution in [0.25, 0.3) is 0 Å². The van der Waals surface area contributed by atoms with E-state index in [0.29, 0.717) is 18.6 Å². The van der Waals surface area contributed by atoms with Gasteiger partial charge in [0, 0.05) is 30.5 Å². The van der Waals surface area contributed by atoms with E-state index in [-0.39, 0.29) is 12.0 Å². The monoisotopic (exact) mass is 316 g/mol. The second-order valence-electron chi connectivity index (χ2n) is 7.49. The number of piperidine rings is 1. The molecule has 4 rings (SSSR count). The Hall–Kier alpha value is -1.10. The van der Waals surface area contributed by atoms with E-state index in [4.69, 9.17) is 4.74 Å². The van der Waals surface area contributed by atoms with Gasteiger partial charge < -0.3 is 14.7 Å². The van der Waals surface area contributed by atoms with E-state index in [9.17, 15) is 5.11 Å². The summed E-state index contributed by atoms with van der Waals surface area (Å²) < 4.78 is 6.01. The van der Waals surface area contributed by atoms with Crippen molar-refractivity contribution in [1.29, 1.82) is 0 Å². The molecule has 0 aromatic heterocycles. The normalized spacial score (nSPS) is 32.3. The van der Waals surface area contributed by atoms with Crippen molar-refractivity contribution < 1.29 is 9.84 Å². The summed E-state index contributed by atoms with van der Waals surface area (Å²) in [6, 6.07) is 9.06. The molecule has 1 N–H and O–H groups in total. The Morgan fingerprint density at radius 1 is 1.26 bits per heavy atom. The average molecular weight is 316 g/mol. The van der Waals surface area contributed by atoms with Crippen LogP contribution >= 0.6 is 0 Å². The van der Waals surface area contributed by atoms with Gasteiger partial charge in [0.2, 0.25) is 0 Å². The molecule has 1 aromatic rings. The van der Waals surface area contributed by atoms with Crippen LogP contribution in [0.2, 0.25) is 0 Å². The summed E-state index contributed by atoms with van der Waals surface area (Å²) in [4.78, 5) is 5.18. The van der Waals surface area contributed by atoms with Gasteiger partial charge in [-0.25, -0.2) is 0 Å². The summed E-state index contributed by atoms with van der Waals surface area (Å²) in [5, 5.41) is 10.2. The van der Waals surface area contributed by atoms with Gasteiger partial charge >= 0.3 is 0 Å². The van der Waals surface area contributed by atoms with Crippen molar-refractivity contribution in [3.8, 4) is 5.75 Å². The third kappa shape index (κ3) is 2.57. The summed E-state index contributed by atoms with van der Waals surface area (Å²) >= 11 is 0. The number of benzene rings is 1. The van der Waals surface area contributed by atoms with Gasteiger partial charge in [0.1, 0.15) is 5.75 Å². The molecule has 0 spiro atoms. The number of fused-ring (bicyclic) bond motifs is 3. The first kappa shape index (κ1) is 15.4. The molecule has 0 aliphatic carbocycles. The molecule has 126 valence electrons. The lowest BCUT2D eigenvalue weighted by molar-refractivity contribution is 0.0389. The molecular formula is C19H28N2O2. The molecule has 23 heavy (non-hydrogen) atoms. The molecule has 0 bridgehead atoms. The number of hydrogen-bond donors (Lipinski definition) is 1. The Labute approximate surface area is 139 Å². The lowest BCUT2D eigenvalue weighted by atomic mass is 9.74. The number of ether oxygens (including phenoxy) is 1. The zero-order chi connectivity index (χ0) is 15.9. The Morgan fingerprint density at radius 3 is 2.78 bits per heavy atom. The first-order valence-corrected chi connectivity index (χ1v) is 9.05. The van der Waals surface area contributed by atoms with E-state index in [0.717, 1.165) is 25.4 Å². The Morgan fingerprint density at radius 2 is 2.04 bits per heavy atom. The third-order valence-electron chi connectivity index (χ3n) is 6.32. The lowest BCUT2D eigenvalue weighted by Gasteiger charge is -2.38. The van der Waals surface area contributed by atoms with Crippen molar-refractivity contribution >= 4 is 0 Å². The van der Waals surface area contributed by atoms with Gasteiger partial charge in [0.05, 0.1) is 13.2 Å². The third-order valence-corrected chi connectivity index (χ3v) is 6.32. The molecule has 0 radical (unpaired) electrons. The Balaban J connectivity index is 1.54. The van der Waals surface area contributed by atoms with Crippen molar-refractivity contribution in [3.05, 3.63) is 29.8 Å². The van der Waals surface area contributed by atoms with Crippen LogP contribution in [0.3, 0.4) is 0 Å². The van der Waals surface area contributed by atoms with Crippen LogP contribution < -0.4 is 4.74 Å². The highest BCUT2D eigenvalue weighted by atomic mass is 16.5. The SMILES string of the molecule is CCN1CCC(N2C[C@@H]3c4ccccc4OC[C@]3(CO)C2)CC1. The maximum absolute atomic E-state index is 10.2. The minimum Gasteiger partial charge on any atom is -0.493 e. The number of aliphatic hydroxyl groups excluding tert-OH is 1. The Kier molecular flexibility index (Phi) is 4.08. The molecule has 4 heteroatoms. The number of rotatable bonds is 3. The van der Waals surface area contributed by atoms with E-state index >= 15 is 0 Å². The van der Waals surface area contributed by atoms with Gasteiger partial charge in [-0.2, -0.15) is 0 Å². The van der Waals surface area contributed by atoms with Crippen LogP contribution in [0.1, 0.15) is 31.2 Å². The van der Waals surface area contributed by atoms with Gasteiger partial charge in [-0.15, -0.1) is 0 Å². The largest absolute Gasteiger partial charge is 0.493 e. The molecule has 0 amide bonds. The van der Waals surface area contributed by atoms with Gasteiger partial charge in [-0.1, -0.05) is 25.1 Å². The van der Waals surface area contributed by atoms with Crippen LogP contribution in [-0.4, -0.2) is 66.9 Å². The molecule has 2 fully saturated rings. The highest BCUT2D eigenvalue weighted by molar-refractivity contribution is 5.41. The Bertz CT molecular complexity index is 556. The molecule has 0 unspecified atom stereocenters. The summed E-state index contributed by atoms with van der Waals surface area (Å²) in [6.07, 6.45) is 2.51. The van der Waals surface area contributed by atoms with Crippen LogP contribution in [0.5, 0.6) is 5.75 Å². The van der Waals surface area contributed by atoms with Crippen LogP contribution in [-0.2, 0) is 0 Å². The zero-order valence-electron chi connectivity index (χ0n) is 14.1. The molecule has 1 aromatic carbocycles. The molecule has 2 atom stereocenters. The van der Waals surface area contributed by atoms with Gasteiger partial charge in [-0.05, 0) is 44.1 Å². The number of hydrogen-bond acceptors (Lipinski definition) is 4. The minimum absolute atomic E-state index is 0.115. The fourth-order valence-corrected chi connectivity index (χ4v) is 4.79. The second-order valence-corrected chi connectivity index (χ2v) is 7.49. The van der Waals surface area contributed by atoms with E-state index in [1.807, 2.05) is 6.07 Å². The van der Waals surface area contributed by atoms with Crippen molar-refractivity contribution in [3.63, 3.8) is 0 Å². The molecule has 2 saturated heterocycles.